The average Bonchev–Trinajstić information content (AvgIpc) is 3.34. The van der Waals surface area contributed by atoms with Crippen LogP contribution in [0.4, 0.5) is 5.69 Å². The SMILES string of the molecule is Cc1c(-c2ccccc2)c(N2CC[C@H](N(C)C)C2)c2oc(C3CCC3)nc2c1C#N. The number of nitriles is 1. The van der Waals surface area contributed by atoms with Crippen LogP contribution < -0.4 is 4.90 Å². The molecule has 5 heteroatoms. The van der Waals surface area contributed by atoms with Crippen molar-refractivity contribution in [1.29, 1.82) is 5.26 Å². The van der Waals surface area contributed by atoms with Gasteiger partial charge in [-0.25, -0.2) is 4.98 Å². The van der Waals surface area contributed by atoms with Gasteiger partial charge in [0.1, 0.15) is 11.6 Å². The molecule has 2 aromatic carbocycles. The molecule has 1 aliphatic carbocycles. The van der Waals surface area contributed by atoms with E-state index in [2.05, 4.69) is 61.2 Å². The maximum Gasteiger partial charge on any atom is 0.198 e. The largest absolute Gasteiger partial charge is 0.438 e. The monoisotopic (exact) mass is 400 g/mol. The Balaban J connectivity index is 1.78. The summed E-state index contributed by atoms with van der Waals surface area (Å²) in [7, 11) is 4.30. The van der Waals surface area contributed by atoms with Crippen molar-refractivity contribution in [3.8, 4) is 17.2 Å². The van der Waals surface area contributed by atoms with Gasteiger partial charge >= 0.3 is 0 Å². The molecule has 0 amide bonds. The second-order valence-electron chi connectivity index (χ2n) is 8.91. The molecule has 2 fully saturated rings. The van der Waals surface area contributed by atoms with Crippen molar-refractivity contribution in [1.82, 2.24) is 9.88 Å². The normalized spacial score (nSPS) is 19.4. The van der Waals surface area contributed by atoms with Gasteiger partial charge in [0.05, 0.1) is 11.3 Å². The number of oxazole rings is 1. The Morgan fingerprint density at radius 1 is 1.17 bits per heavy atom. The Kier molecular flexibility index (Phi) is 4.75. The van der Waals surface area contributed by atoms with Gasteiger partial charge in [-0.2, -0.15) is 5.26 Å². The molecule has 1 saturated carbocycles. The Morgan fingerprint density at radius 2 is 1.93 bits per heavy atom. The summed E-state index contributed by atoms with van der Waals surface area (Å²) in [4.78, 5) is 9.61. The highest BCUT2D eigenvalue weighted by Crippen LogP contribution is 2.46. The van der Waals surface area contributed by atoms with Crippen LogP contribution in [0.2, 0.25) is 0 Å². The molecule has 30 heavy (non-hydrogen) atoms. The van der Waals surface area contributed by atoms with Crippen LogP contribution in [0.15, 0.2) is 34.7 Å². The van der Waals surface area contributed by atoms with Gasteiger partial charge in [-0.05, 0) is 51.4 Å². The van der Waals surface area contributed by atoms with E-state index < -0.39 is 0 Å². The average molecular weight is 401 g/mol. The first-order chi connectivity index (χ1) is 14.6. The van der Waals surface area contributed by atoms with Crippen molar-refractivity contribution < 1.29 is 4.42 Å². The maximum absolute atomic E-state index is 10.0. The number of aromatic nitrogens is 1. The van der Waals surface area contributed by atoms with Crippen LogP contribution in [0.1, 0.15) is 48.6 Å². The van der Waals surface area contributed by atoms with Crippen molar-refractivity contribution in [2.45, 2.75) is 44.6 Å². The number of benzene rings is 2. The van der Waals surface area contributed by atoms with Gasteiger partial charge in [-0.1, -0.05) is 36.8 Å². The van der Waals surface area contributed by atoms with Gasteiger partial charge in [0.2, 0.25) is 0 Å². The second kappa shape index (κ2) is 7.45. The topological polar surface area (TPSA) is 56.3 Å². The molecule has 2 heterocycles. The predicted octanol–water partition coefficient (Wildman–Crippen LogP) is 5.08. The minimum Gasteiger partial charge on any atom is -0.438 e. The van der Waals surface area contributed by atoms with E-state index >= 15 is 0 Å². The van der Waals surface area contributed by atoms with E-state index in [4.69, 9.17) is 9.40 Å². The molecule has 0 N–H and O–H groups in total. The molecule has 1 saturated heterocycles. The summed E-state index contributed by atoms with van der Waals surface area (Å²) >= 11 is 0. The number of fused-ring (bicyclic) bond motifs is 1. The van der Waals surface area contributed by atoms with Crippen LogP contribution in [-0.2, 0) is 0 Å². The van der Waals surface area contributed by atoms with E-state index in [1.807, 2.05) is 6.07 Å². The molecule has 5 rings (SSSR count). The lowest BCUT2D eigenvalue weighted by Crippen LogP contribution is -2.31. The molecule has 0 spiro atoms. The van der Waals surface area contributed by atoms with Crippen LogP contribution in [0.3, 0.4) is 0 Å². The number of anilines is 1. The van der Waals surface area contributed by atoms with E-state index in [-0.39, 0.29) is 0 Å². The maximum atomic E-state index is 10.0. The number of rotatable bonds is 4. The first kappa shape index (κ1) is 19.1. The lowest BCUT2D eigenvalue weighted by atomic mass is 9.85. The zero-order chi connectivity index (χ0) is 20.8. The van der Waals surface area contributed by atoms with Crippen LogP contribution in [0, 0.1) is 18.3 Å². The quantitative estimate of drug-likeness (QED) is 0.611. The predicted molar refractivity (Wildman–Crippen MR) is 120 cm³/mol. The Hall–Kier alpha value is -2.84. The Bertz CT molecular complexity index is 1120. The number of nitrogens with zero attached hydrogens (tertiary/aromatic N) is 4. The molecule has 3 aromatic rings. The summed E-state index contributed by atoms with van der Waals surface area (Å²) in [6.45, 7) is 3.98. The zero-order valence-electron chi connectivity index (χ0n) is 18.0. The van der Waals surface area contributed by atoms with Gasteiger partial charge in [0.15, 0.2) is 11.5 Å². The van der Waals surface area contributed by atoms with Crippen molar-refractivity contribution in [3.63, 3.8) is 0 Å². The third-order valence-electron chi connectivity index (χ3n) is 6.92. The standard InChI is InChI=1S/C25H28N4O/c1-16-20(14-26)22-24(30-25(27-22)18-10-7-11-18)23(21(16)17-8-5-4-6-9-17)29-13-12-19(15-29)28(2)3/h4-6,8-9,18-19H,7,10-13,15H2,1-3H3/t19-/m0/s1. The molecule has 0 unspecified atom stereocenters. The fourth-order valence-electron chi connectivity index (χ4n) is 4.85. The summed E-state index contributed by atoms with van der Waals surface area (Å²) in [6, 6.07) is 13.3. The van der Waals surface area contributed by atoms with Crippen molar-refractivity contribution in [3.05, 3.63) is 47.3 Å². The van der Waals surface area contributed by atoms with Crippen molar-refractivity contribution >= 4 is 16.8 Å². The van der Waals surface area contributed by atoms with Crippen LogP contribution >= 0.6 is 0 Å². The summed E-state index contributed by atoms with van der Waals surface area (Å²) in [5.41, 5.74) is 6.50. The van der Waals surface area contributed by atoms with Crippen LogP contribution in [-0.4, -0.2) is 43.1 Å². The van der Waals surface area contributed by atoms with Gasteiger partial charge < -0.3 is 14.2 Å². The molecular formula is C25H28N4O. The Morgan fingerprint density at radius 3 is 2.53 bits per heavy atom. The molecule has 1 aromatic heterocycles. The minimum absolute atomic E-state index is 0.394. The Labute approximate surface area is 177 Å². The fraction of sp³-hybridized carbons (Fsp3) is 0.440. The van der Waals surface area contributed by atoms with E-state index in [1.165, 1.54) is 6.42 Å². The number of hydrogen-bond donors (Lipinski definition) is 0. The lowest BCUT2D eigenvalue weighted by Gasteiger charge is -2.26. The van der Waals surface area contributed by atoms with Gasteiger partial charge in [0, 0.05) is 30.6 Å². The smallest absolute Gasteiger partial charge is 0.198 e. The number of likely N-dealkylation sites (N-methyl/N-ethyl adjacent to an activating group) is 1. The molecule has 0 radical (unpaired) electrons. The van der Waals surface area contributed by atoms with E-state index in [0.717, 1.165) is 71.7 Å². The van der Waals surface area contributed by atoms with Crippen LogP contribution in [0.5, 0.6) is 0 Å². The first-order valence-electron chi connectivity index (χ1n) is 10.9. The van der Waals surface area contributed by atoms with E-state index in [1.54, 1.807) is 0 Å². The van der Waals surface area contributed by atoms with Crippen molar-refractivity contribution in [2.24, 2.45) is 0 Å². The molecule has 0 bridgehead atoms. The van der Waals surface area contributed by atoms with Gasteiger partial charge in [0.25, 0.3) is 0 Å². The highest BCUT2D eigenvalue weighted by atomic mass is 16.3. The van der Waals surface area contributed by atoms with Crippen LogP contribution in [0.25, 0.3) is 22.2 Å². The fourth-order valence-corrected chi connectivity index (χ4v) is 4.85. The number of hydrogen-bond acceptors (Lipinski definition) is 5. The third-order valence-corrected chi connectivity index (χ3v) is 6.92. The first-order valence-corrected chi connectivity index (χ1v) is 10.9. The highest BCUT2D eigenvalue weighted by molar-refractivity contribution is 6.02. The molecule has 2 aliphatic rings. The van der Waals surface area contributed by atoms with Gasteiger partial charge in [-0.15, -0.1) is 0 Å². The summed E-state index contributed by atoms with van der Waals surface area (Å²) < 4.78 is 6.45. The molecule has 5 nitrogen and oxygen atoms in total. The van der Waals surface area contributed by atoms with Crippen molar-refractivity contribution in [2.75, 3.05) is 32.1 Å². The second-order valence-corrected chi connectivity index (χ2v) is 8.91. The molecule has 1 atom stereocenters. The summed E-state index contributed by atoms with van der Waals surface area (Å²) in [5.74, 6) is 1.20. The molecular weight excluding hydrogens is 372 g/mol. The highest BCUT2D eigenvalue weighted by Gasteiger charge is 2.33. The lowest BCUT2D eigenvalue weighted by molar-refractivity contribution is 0.315. The summed E-state index contributed by atoms with van der Waals surface area (Å²) in [6.07, 6.45) is 4.60. The molecule has 1 aliphatic heterocycles. The van der Waals surface area contributed by atoms with E-state index in [9.17, 15) is 5.26 Å². The third kappa shape index (κ3) is 2.98. The van der Waals surface area contributed by atoms with Gasteiger partial charge in [-0.3, -0.25) is 0 Å². The van der Waals surface area contributed by atoms with E-state index in [0.29, 0.717) is 17.5 Å². The summed E-state index contributed by atoms with van der Waals surface area (Å²) in [5, 5.41) is 10.0. The molecule has 154 valence electrons. The minimum atomic E-state index is 0.394. The zero-order valence-corrected chi connectivity index (χ0v) is 18.0.